The average Bonchev–Trinajstić information content (AvgIpc) is 3.11. The summed E-state index contributed by atoms with van der Waals surface area (Å²) in [5.41, 5.74) is 3.13. The molecule has 2 atom stereocenters. The van der Waals surface area contributed by atoms with Crippen LogP contribution in [0.1, 0.15) is 5.56 Å². The maximum Gasteiger partial charge on any atom is 0.184 e. The van der Waals surface area contributed by atoms with Gasteiger partial charge in [0, 0.05) is 21.7 Å². The second kappa shape index (κ2) is 6.09. The van der Waals surface area contributed by atoms with Crippen molar-refractivity contribution in [2.75, 3.05) is 11.2 Å². The molecule has 23 heavy (non-hydrogen) atoms. The van der Waals surface area contributed by atoms with E-state index in [1.807, 2.05) is 47.0 Å². The normalized spacial score (nSPS) is 20.3. The Balaban J connectivity index is 1.80. The Morgan fingerprint density at radius 2 is 1.91 bits per heavy atom. The predicted octanol–water partition coefficient (Wildman–Crippen LogP) is 4.79. The summed E-state index contributed by atoms with van der Waals surface area (Å²) >= 11 is 7.72. The Morgan fingerprint density at radius 3 is 2.65 bits per heavy atom. The number of nitrogens with zero attached hydrogens (tertiary/aromatic N) is 2. The number of para-hydroxylation sites is 1. The van der Waals surface area contributed by atoms with Crippen molar-refractivity contribution >= 4 is 55.6 Å². The first kappa shape index (κ1) is 15.4. The molecule has 0 bridgehead atoms. The lowest BCUT2D eigenvalue weighted by Crippen LogP contribution is -2.34. The molecule has 2 aromatic rings. The Labute approximate surface area is 150 Å². The second-order valence-electron chi connectivity index (χ2n) is 5.05. The van der Waals surface area contributed by atoms with E-state index in [1.54, 1.807) is 11.8 Å². The van der Waals surface area contributed by atoms with Crippen molar-refractivity contribution in [1.29, 1.82) is 0 Å². The lowest BCUT2D eigenvalue weighted by Gasteiger charge is -2.26. The molecule has 0 spiro atoms. The Morgan fingerprint density at radius 1 is 1.17 bits per heavy atom. The van der Waals surface area contributed by atoms with Crippen LogP contribution in [0.3, 0.4) is 0 Å². The molecule has 0 fully saturated rings. The second-order valence-corrected chi connectivity index (χ2v) is 9.60. The van der Waals surface area contributed by atoms with Crippen LogP contribution in [0.4, 0.5) is 5.69 Å². The zero-order chi connectivity index (χ0) is 16.0. The monoisotopic (exact) mass is 380 g/mol. The molecular weight excluding hydrogens is 368 g/mol. The molecular formula is C16H13ClN2OS3. The molecule has 2 unspecified atom stereocenters. The van der Waals surface area contributed by atoms with Crippen LogP contribution in [0.5, 0.6) is 0 Å². The summed E-state index contributed by atoms with van der Waals surface area (Å²) < 4.78 is 14.6. The SMILES string of the molecule is CSS(=O)N1C(c2ccc(Cl)cc2)=CN2c3ccccc3SC21. The van der Waals surface area contributed by atoms with Crippen molar-refractivity contribution in [3.63, 3.8) is 0 Å². The van der Waals surface area contributed by atoms with E-state index in [2.05, 4.69) is 23.2 Å². The minimum atomic E-state index is -1.15. The van der Waals surface area contributed by atoms with Crippen molar-refractivity contribution in [3.8, 4) is 0 Å². The lowest BCUT2D eigenvalue weighted by atomic mass is 10.2. The van der Waals surface area contributed by atoms with Crippen LogP contribution < -0.4 is 4.90 Å². The fourth-order valence-electron chi connectivity index (χ4n) is 2.72. The third-order valence-electron chi connectivity index (χ3n) is 3.76. The van der Waals surface area contributed by atoms with Crippen LogP contribution in [0.25, 0.3) is 5.70 Å². The molecule has 0 amide bonds. The van der Waals surface area contributed by atoms with Crippen molar-refractivity contribution in [2.24, 2.45) is 0 Å². The fourth-order valence-corrected chi connectivity index (χ4v) is 6.24. The molecule has 0 radical (unpaired) electrons. The molecule has 2 aromatic carbocycles. The van der Waals surface area contributed by atoms with Gasteiger partial charge in [0.05, 0.1) is 11.4 Å². The molecule has 0 saturated carbocycles. The molecule has 2 aliphatic heterocycles. The van der Waals surface area contributed by atoms with E-state index in [-0.39, 0.29) is 5.50 Å². The highest BCUT2D eigenvalue weighted by molar-refractivity contribution is 8.68. The number of halogens is 1. The molecule has 0 aliphatic carbocycles. The summed E-state index contributed by atoms with van der Waals surface area (Å²) in [4.78, 5) is 3.41. The van der Waals surface area contributed by atoms with Gasteiger partial charge in [-0.3, -0.25) is 0 Å². The van der Waals surface area contributed by atoms with Gasteiger partial charge in [-0.05, 0) is 41.3 Å². The van der Waals surface area contributed by atoms with Crippen molar-refractivity contribution in [3.05, 3.63) is 65.3 Å². The number of benzene rings is 2. The highest BCUT2D eigenvalue weighted by Crippen LogP contribution is 2.51. The van der Waals surface area contributed by atoms with Gasteiger partial charge >= 0.3 is 0 Å². The summed E-state index contributed by atoms with van der Waals surface area (Å²) in [5.74, 6) is 0. The minimum absolute atomic E-state index is 0.00800. The number of rotatable bonds is 3. The van der Waals surface area contributed by atoms with Gasteiger partial charge in [-0.2, -0.15) is 0 Å². The summed E-state index contributed by atoms with van der Waals surface area (Å²) in [6.07, 6.45) is 3.95. The lowest BCUT2D eigenvalue weighted by molar-refractivity contribution is 0.593. The van der Waals surface area contributed by atoms with Crippen LogP contribution in [0.15, 0.2) is 59.6 Å². The number of thioether (sulfide) groups is 1. The van der Waals surface area contributed by atoms with Gasteiger partial charge in [0.2, 0.25) is 0 Å². The summed E-state index contributed by atoms with van der Waals surface area (Å²) in [6.45, 7) is 0. The highest BCUT2D eigenvalue weighted by atomic mass is 35.5. The number of anilines is 1. The van der Waals surface area contributed by atoms with Crippen LogP contribution in [0, 0.1) is 0 Å². The zero-order valence-electron chi connectivity index (χ0n) is 12.2. The fraction of sp³-hybridized carbons (Fsp3) is 0.125. The summed E-state index contributed by atoms with van der Waals surface area (Å²) in [6, 6.07) is 15.9. The molecule has 0 aromatic heterocycles. The van der Waals surface area contributed by atoms with E-state index < -0.39 is 10.0 Å². The molecule has 0 N–H and O–H groups in total. The van der Waals surface area contributed by atoms with Crippen molar-refractivity contribution < 1.29 is 4.21 Å². The first-order valence-corrected chi connectivity index (χ1v) is 11.1. The average molecular weight is 381 g/mol. The van der Waals surface area contributed by atoms with Gasteiger partial charge in [-0.1, -0.05) is 47.6 Å². The van der Waals surface area contributed by atoms with E-state index in [1.165, 1.54) is 15.7 Å². The largest absolute Gasteiger partial charge is 0.314 e. The van der Waals surface area contributed by atoms with Crippen LogP contribution in [0.2, 0.25) is 5.02 Å². The topological polar surface area (TPSA) is 23.6 Å². The Bertz CT molecular complexity index is 809. The number of fused-ring (bicyclic) bond motifs is 3. The number of hydrogen-bond donors (Lipinski definition) is 0. The summed E-state index contributed by atoms with van der Waals surface area (Å²) in [5, 5.41) is 0.699. The third-order valence-corrected chi connectivity index (χ3v) is 7.73. The Kier molecular flexibility index (Phi) is 4.09. The molecule has 3 nitrogen and oxygen atoms in total. The van der Waals surface area contributed by atoms with E-state index in [0.29, 0.717) is 5.02 Å². The van der Waals surface area contributed by atoms with Gasteiger partial charge in [-0.15, -0.1) is 0 Å². The molecule has 4 rings (SSSR count). The van der Waals surface area contributed by atoms with Crippen LogP contribution in [-0.4, -0.2) is 20.3 Å². The molecule has 7 heteroatoms. The Hall–Kier alpha value is -1.08. The van der Waals surface area contributed by atoms with Gasteiger partial charge in [0.15, 0.2) is 15.5 Å². The third kappa shape index (κ3) is 2.58. The van der Waals surface area contributed by atoms with E-state index in [0.717, 1.165) is 16.9 Å². The highest BCUT2D eigenvalue weighted by Gasteiger charge is 2.42. The minimum Gasteiger partial charge on any atom is -0.314 e. The van der Waals surface area contributed by atoms with E-state index in [9.17, 15) is 4.21 Å². The van der Waals surface area contributed by atoms with Crippen LogP contribution >= 0.6 is 34.2 Å². The molecule has 2 heterocycles. The first-order chi connectivity index (χ1) is 11.2. The molecule has 118 valence electrons. The van der Waals surface area contributed by atoms with E-state index in [4.69, 9.17) is 11.6 Å². The first-order valence-electron chi connectivity index (χ1n) is 6.96. The maximum absolute atomic E-state index is 12.7. The standard InChI is InChI=1S/C16H13ClN2OS3/c1-21-23(20)19-14(11-6-8-12(17)9-7-11)10-18-13-4-2-3-5-15(13)22-16(18)19/h2-10,16H,1H3. The summed E-state index contributed by atoms with van der Waals surface area (Å²) in [7, 11) is 0.192. The maximum atomic E-state index is 12.7. The number of hydrogen-bond acceptors (Lipinski definition) is 4. The molecule has 0 saturated heterocycles. The van der Waals surface area contributed by atoms with Crippen molar-refractivity contribution in [2.45, 2.75) is 10.4 Å². The predicted molar refractivity (Wildman–Crippen MR) is 101 cm³/mol. The zero-order valence-corrected chi connectivity index (χ0v) is 15.4. The quantitative estimate of drug-likeness (QED) is 0.714. The van der Waals surface area contributed by atoms with E-state index >= 15 is 0 Å². The molecule has 2 aliphatic rings. The van der Waals surface area contributed by atoms with Gasteiger partial charge in [0.1, 0.15) is 0 Å². The van der Waals surface area contributed by atoms with Gasteiger partial charge in [-0.25, -0.2) is 8.51 Å². The smallest absolute Gasteiger partial charge is 0.184 e. The van der Waals surface area contributed by atoms with Crippen LogP contribution in [-0.2, 0) is 10.0 Å². The van der Waals surface area contributed by atoms with Gasteiger partial charge < -0.3 is 4.90 Å². The van der Waals surface area contributed by atoms with Crippen molar-refractivity contribution in [1.82, 2.24) is 4.31 Å². The van der Waals surface area contributed by atoms with Gasteiger partial charge in [0.25, 0.3) is 0 Å².